The zero-order valence-corrected chi connectivity index (χ0v) is 10.2. The molecular weight excluding hydrogens is 206 g/mol. The minimum atomic E-state index is -0.247. The molecule has 4 nitrogen and oxygen atoms in total. The standard InChI is InChI=1S/C12H21NO3/c1-3-5-11(7-9-16-10(2)14)13-8-4-6-12(13)15/h11H,3-9H2,1-2H3/t11-/m1/s1. The van der Waals surface area contributed by atoms with E-state index in [1.165, 1.54) is 6.92 Å². The van der Waals surface area contributed by atoms with Gasteiger partial charge in [-0.2, -0.15) is 0 Å². The van der Waals surface area contributed by atoms with Gasteiger partial charge in [0.1, 0.15) is 0 Å². The Labute approximate surface area is 96.9 Å². The van der Waals surface area contributed by atoms with E-state index in [0.29, 0.717) is 13.0 Å². The lowest BCUT2D eigenvalue weighted by Crippen LogP contribution is -2.37. The van der Waals surface area contributed by atoms with Crippen molar-refractivity contribution in [2.24, 2.45) is 0 Å². The number of carbonyl (C=O) groups excluding carboxylic acids is 2. The van der Waals surface area contributed by atoms with Gasteiger partial charge in [0.25, 0.3) is 0 Å². The third kappa shape index (κ3) is 3.83. The van der Waals surface area contributed by atoms with E-state index >= 15 is 0 Å². The summed E-state index contributed by atoms with van der Waals surface area (Å²) in [6.45, 7) is 4.81. The van der Waals surface area contributed by atoms with Crippen molar-refractivity contribution in [2.45, 2.75) is 52.0 Å². The van der Waals surface area contributed by atoms with Crippen LogP contribution in [0.2, 0.25) is 0 Å². The fourth-order valence-corrected chi connectivity index (χ4v) is 2.18. The predicted molar refractivity (Wildman–Crippen MR) is 60.9 cm³/mol. The molecule has 0 unspecified atom stereocenters. The maximum Gasteiger partial charge on any atom is 0.302 e. The number of esters is 1. The summed E-state index contributed by atoms with van der Waals surface area (Å²) in [5, 5.41) is 0. The van der Waals surface area contributed by atoms with Crippen LogP contribution in [0, 0.1) is 0 Å². The molecule has 0 N–H and O–H groups in total. The summed E-state index contributed by atoms with van der Waals surface area (Å²) in [7, 11) is 0. The molecule has 0 aliphatic carbocycles. The molecule has 0 aromatic heterocycles. The Morgan fingerprint density at radius 3 is 2.75 bits per heavy atom. The number of rotatable bonds is 6. The van der Waals surface area contributed by atoms with Gasteiger partial charge in [-0.15, -0.1) is 0 Å². The Morgan fingerprint density at radius 2 is 2.25 bits per heavy atom. The highest BCUT2D eigenvalue weighted by atomic mass is 16.5. The van der Waals surface area contributed by atoms with Gasteiger partial charge in [-0.05, 0) is 12.8 Å². The van der Waals surface area contributed by atoms with Crippen LogP contribution in [0.3, 0.4) is 0 Å². The molecule has 0 bridgehead atoms. The minimum absolute atomic E-state index is 0.247. The lowest BCUT2D eigenvalue weighted by molar-refractivity contribution is -0.141. The highest BCUT2D eigenvalue weighted by Crippen LogP contribution is 2.19. The van der Waals surface area contributed by atoms with Gasteiger partial charge in [-0.25, -0.2) is 0 Å². The van der Waals surface area contributed by atoms with Gasteiger partial charge in [0.05, 0.1) is 6.61 Å². The second kappa shape index (κ2) is 6.51. The molecule has 1 heterocycles. The van der Waals surface area contributed by atoms with E-state index < -0.39 is 0 Å². The lowest BCUT2D eigenvalue weighted by Gasteiger charge is -2.27. The van der Waals surface area contributed by atoms with Crippen molar-refractivity contribution in [1.29, 1.82) is 0 Å². The van der Waals surface area contributed by atoms with Gasteiger partial charge in [-0.1, -0.05) is 13.3 Å². The zero-order chi connectivity index (χ0) is 12.0. The van der Waals surface area contributed by atoms with E-state index in [9.17, 15) is 9.59 Å². The average Bonchev–Trinajstić information content (AvgIpc) is 2.63. The second-order valence-electron chi connectivity index (χ2n) is 4.26. The minimum Gasteiger partial charge on any atom is -0.466 e. The Balaban J connectivity index is 2.40. The molecule has 0 radical (unpaired) electrons. The smallest absolute Gasteiger partial charge is 0.302 e. The largest absolute Gasteiger partial charge is 0.466 e. The highest BCUT2D eigenvalue weighted by molar-refractivity contribution is 5.78. The summed E-state index contributed by atoms with van der Waals surface area (Å²) in [6, 6.07) is 0.249. The Hall–Kier alpha value is -1.06. The van der Waals surface area contributed by atoms with Crippen LogP contribution in [-0.2, 0) is 14.3 Å². The SMILES string of the molecule is CCC[C@H](CCOC(C)=O)N1CCCC1=O. The number of carbonyl (C=O) groups is 2. The molecule has 1 fully saturated rings. The van der Waals surface area contributed by atoms with E-state index in [4.69, 9.17) is 4.74 Å². The fourth-order valence-electron chi connectivity index (χ4n) is 2.18. The molecule has 1 atom stereocenters. The summed E-state index contributed by atoms with van der Waals surface area (Å²) < 4.78 is 4.94. The molecule has 1 rings (SSSR count). The number of hydrogen-bond acceptors (Lipinski definition) is 3. The van der Waals surface area contributed by atoms with Crippen LogP contribution in [-0.4, -0.2) is 36.0 Å². The van der Waals surface area contributed by atoms with Crippen LogP contribution in [0.5, 0.6) is 0 Å². The third-order valence-corrected chi connectivity index (χ3v) is 2.93. The van der Waals surface area contributed by atoms with E-state index in [-0.39, 0.29) is 17.9 Å². The van der Waals surface area contributed by atoms with E-state index in [2.05, 4.69) is 6.92 Å². The van der Waals surface area contributed by atoms with Crippen molar-refractivity contribution >= 4 is 11.9 Å². The summed E-state index contributed by atoms with van der Waals surface area (Å²) in [6.07, 6.45) is 4.45. The van der Waals surface area contributed by atoms with Gasteiger partial charge < -0.3 is 9.64 Å². The topological polar surface area (TPSA) is 46.6 Å². The molecule has 1 saturated heterocycles. The summed E-state index contributed by atoms with van der Waals surface area (Å²) in [4.78, 5) is 24.2. The number of nitrogens with zero attached hydrogens (tertiary/aromatic N) is 1. The molecule has 0 aromatic rings. The maximum absolute atomic E-state index is 11.6. The fraction of sp³-hybridized carbons (Fsp3) is 0.833. The van der Waals surface area contributed by atoms with Crippen molar-refractivity contribution in [3.63, 3.8) is 0 Å². The number of ether oxygens (including phenoxy) is 1. The molecule has 1 amide bonds. The van der Waals surface area contributed by atoms with Gasteiger partial charge in [-0.3, -0.25) is 9.59 Å². The van der Waals surface area contributed by atoms with Crippen LogP contribution in [0.25, 0.3) is 0 Å². The molecule has 1 aliphatic heterocycles. The average molecular weight is 227 g/mol. The molecule has 0 saturated carbocycles. The van der Waals surface area contributed by atoms with Gasteiger partial charge >= 0.3 is 5.97 Å². The number of likely N-dealkylation sites (tertiary alicyclic amines) is 1. The van der Waals surface area contributed by atoms with Crippen molar-refractivity contribution in [3.05, 3.63) is 0 Å². The molecule has 92 valence electrons. The van der Waals surface area contributed by atoms with E-state index in [1.54, 1.807) is 0 Å². The first-order chi connectivity index (χ1) is 7.65. The molecular formula is C12H21NO3. The first-order valence-electron chi connectivity index (χ1n) is 6.08. The summed E-state index contributed by atoms with van der Waals surface area (Å²) in [5.74, 6) is 0.00396. The Morgan fingerprint density at radius 1 is 1.50 bits per heavy atom. The molecule has 0 spiro atoms. The van der Waals surface area contributed by atoms with Gasteiger partial charge in [0.15, 0.2) is 0 Å². The van der Waals surface area contributed by atoms with Crippen LogP contribution >= 0.6 is 0 Å². The van der Waals surface area contributed by atoms with E-state index in [0.717, 1.165) is 32.2 Å². The zero-order valence-electron chi connectivity index (χ0n) is 10.2. The van der Waals surface area contributed by atoms with Gasteiger partial charge in [0, 0.05) is 32.4 Å². The molecule has 4 heteroatoms. The molecule has 0 aromatic carbocycles. The third-order valence-electron chi connectivity index (χ3n) is 2.93. The Kier molecular flexibility index (Phi) is 5.29. The highest BCUT2D eigenvalue weighted by Gasteiger charge is 2.27. The first-order valence-corrected chi connectivity index (χ1v) is 6.08. The van der Waals surface area contributed by atoms with E-state index in [1.807, 2.05) is 4.90 Å². The summed E-state index contributed by atoms with van der Waals surface area (Å²) >= 11 is 0. The normalized spacial score (nSPS) is 17.6. The lowest BCUT2D eigenvalue weighted by atomic mass is 10.1. The van der Waals surface area contributed by atoms with Crippen LogP contribution in [0.15, 0.2) is 0 Å². The quantitative estimate of drug-likeness (QED) is 0.649. The van der Waals surface area contributed by atoms with Crippen LogP contribution in [0.1, 0.15) is 46.0 Å². The molecule has 1 aliphatic rings. The van der Waals surface area contributed by atoms with Crippen LogP contribution < -0.4 is 0 Å². The van der Waals surface area contributed by atoms with Crippen LogP contribution in [0.4, 0.5) is 0 Å². The predicted octanol–water partition coefficient (Wildman–Crippen LogP) is 1.73. The summed E-state index contributed by atoms with van der Waals surface area (Å²) in [5.41, 5.74) is 0. The number of hydrogen-bond donors (Lipinski definition) is 0. The number of amides is 1. The molecule has 16 heavy (non-hydrogen) atoms. The van der Waals surface area contributed by atoms with Crippen molar-refractivity contribution in [2.75, 3.05) is 13.2 Å². The Bertz CT molecular complexity index is 253. The van der Waals surface area contributed by atoms with Crippen molar-refractivity contribution < 1.29 is 14.3 Å². The van der Waals surface area contributed by atoms with Crippen molar-refractivity contribution in [3.8, 4) is 0 Å². The second-order valence-corrected chi connectivity index (χ2v) is 4.26. The maximum atomic E-state index is 11.6. The first kappa shape index (κ1) is 13.0. The van der Waals surface area contributed by atoms with Gasteiger partial charge in [0.2, 0.25) is 5.91 Å². The van der Waals surface area contributed by atoms with Crippen molar-refractivity contribution in [1.82, 2.24) is 4.90 Å². The monoisotopic (exact) mass is 227 g/mol.